The zero-order chi connectivity index (χ0) is 17.9. The quantitative estimate of drug-likeness (QED) is 0.680. The molecule has 1 amide bonds. The monoisotopic (exact) mass is 410 g/mol. The highest BCUT2D eigenvalue weighted by Crippen LogP contribution is 2.30. The SMILES string of the molecule is O=C(Nc1ccc(N2CCOCC2)c(Br)c1)c1cccc2ccccc12. The molecule has 5 heteroatoms. The number of hydrogen-bond donors (Lipinski definition) is 1. The van der Waals surface area contributed by atoms with Gasteiger partial charge in [-0.25, -0.2) is 0 Å². The second-order valence-corrected chi connectivity index (χ2v) is 7.10. The lowest BCUT2D eigenvalue weighted by atomic mass is 10.0. The van der Waals surface area contributed by atoms with Gasteiger partial charge in [0.1, 0.15) is 0 Å². The molecule has 0 radical (unpaired) electrons. The molecule has 1 fully saturated rings. The Kier molecular flexibility index (Phi) is 4.91. The van der Waals surface area contributed by atoms with Gasteiger partial charge in [-0.15, -0.1) is 0 Å². The molecule has 0 bridgehead atoms. The van der Waals surface area contributed by atoms with E-state index in [-0.39, 0.29) is 5.91 Å². The molecule has 26 heavy (non-hydrogen) atoms. The van der Waals surface area contributed by atoms with Crippen molar-refractivity contribution in [2.75, 3.05) is 36.5 Å². The number of nitrogens with zero attached hydrogens (tertiary/aromatic N) is 1. The molecular weight excluding hydrogens is 392 g/mol. The molecule has 0 aliphatic carbocycles. The van der Waals surface area contributed by atoms with Gasteiger partial charge in [-0.3, -0.25) is 4.79 Å². The van der Waals surface area contributed by atoms with Crippen molar-refractivity contribution in [1.29, 1.82) is 0 Å². The second-order valence-electron chi connectivity index (χ2n) is 6.25. The van der Waals surface area contributed by atoms with E-state index in [1.807, 2.05) is 60.7 Å². The first-order valence-electron chi connectivity index (χ1n) is 8.64. The van der Waals surface area contributed by atoms with Crippen LogP contribution in [0.15, 0.2) is 65.1 Å². The number of ether oxygens (including phenoxy) is 1. The normalized spacial score (nSPS) is 14.4. The van der Waals surface area contributed by atoms with Crippen molar-refractivity contribution in [1.82, 2.24) is 0 Å². The highest BCUT2D eigenvalue weighted by molar-refractivity contribution is 9.10. The van der Waals surface area contributed by atoms with E-state index in [0.29, 0.717) is 5.56 Å². The average Bonchev–Trinajstić information content (AvgIpc) is 2.68. The summed E-state index contributed by atoms with van der Waals surface area (Å²) in [5.41, 5.74) is 2.57. The highest BCUT2D eigenvalue weighted by atomic mass is 79.9. The number of rotatable bonds is 3. The summed E-state index contributed by atoms with van der Waals surface area (Å²) < 4.78 is 6.38. The van der Waals surface area contributed by atoms with Crippen LogP contribution >= 0.6 is 15.9 Å². The summed E-state index contributed by atoms with van der Waals surface area (Å²) >= 11 is 3.63. The minimum Gasteiger partial charge on any atom is -0.378 e. The molecule has 1 aliphatic heterocycles. The van der Waals surface area contributed by atoms with Crippen LogP contribution in [0.3, 0.4) is 0 Å². The molecule has 4 nitrogen and oxygen atoms in total. The Morgan fingerprint density at radius 3 is 2.58 bits per heavy atom. The van der Waals surface area contributed by atoms with Gasteiger partial charge >= 0.3 is 0 Å². The van der Waals surface area contributed by atoms with Crippen LogP contribution in [0.5, 0.6) is 0 Å². The molecule has 1 heterocycles. The average molecular weight is 411 g/mol. The second kappa shape index (κ2) is 7.48. The molecule has 0 saturated carbocycles. The predicted molar refractivity (Wildman–Crippen MR) is 109 cm³/mol. The Hall–Kier alpha value is -2.37. The first kappa shape index (κ1) is 17.1. The summed E-state index contributed by atoms with van der Waals surface area (Å²) in [5, 5.41) is 5.02. The molecule has 1 N–H and O–H groups in total. The molecule has 0 spiro atoms. The van der Waals surface area contributed by atoms with Gasteiger partial charge in [0.25, 0.3) is 5.91 Å². The van der Waals surface area contributed by atoms with E-state index in [1.54, 1.807) is 0 Å². The maximum absolute atomic E-state index is 12.8. The van der Waals surface area contributed by atoms with Gasteiger partial charge < -0.3 is 15.0 Å². The molecular formula is C21H19BrN2O2. The molecule has 1 saturated heterocycles. The Bertz CT molecular complexity index is 946. The van der Waals surface area contributed by atoms with Gasteiger partial charge in [-0.05, 0) is 51.0 Å². The lowest BCUT2D eigenvalue weighted by Crippen LogP contribution is -2.36. The van der Waals surface area contributed by atoms with E-state index in [9.17, 15) is 4.79 Å². The minimum atomic E-state index is -0.104. The maximum atomic E-state index is 12.8. The fourth-order valence-electron chi connectivity index (χ4n) is 3.27. The summed E-state index contributed by atoms with van der Waals surface area (Å²) in [6.07, 6.45) is 0. The van der Waals surface area contributed by atoms with Crippen molar-refractivity contribution in [3.63, 3.8) is 0 Å². The van der Waals surface area contributed by atoms with Crippen LogP contribution in [0.4, 0.5) is 11.4 Å². The van der Waals surface area contributed by atoms with Gasteiger partial charge in [0.2, 0.25) is 0 Å². The fourth-order valence-corrected chi connectivity index (χ4v) is 3.90. The molecule has 4 rings (SSSR count). The molecule has 0 aromatic heterocycles. The van der Waals surface area contributed by atoms with Crippen LogP contribution in [-0.2, 0) is 4.74 Å². The van der Waals surface area contributed by atoms with Crippen LogP contribution < -0.4 is 10.2 Å². The zero-order valence-electron chi connectivity index (χ0n) is 14.2. The number of nitrogens with one attached hydrogen (secondary N) is 1. The van der Waals surface area contributed by atoms with Gasteiger partial charge in [0, 0.05) is 28.8 Å². The number of benzene rings is 3. The predicted octanol–water partition coefficient (Wildman–Crippen LogP) is 4.69. The van der Waals surface area contributed by atoms with E-state index in [1.165, 1.54) is 0 Å². The molecule has 3 aromatic carbocycles. The van der Waals surface area contributed by atoms with E-state index in [4.69, 9.17) is 4.74 Å². The van der Waals surface area contributed by atoms with Crippen LogP contribution in [0.1, 0.15) is 10.4 Å². The molecule has 0 unspecified atom stereocenters. The molecule has 1 aliphatic rings. The third-order valence-corrected chi connectivity index (χ3v) is 5.23. The summed E-state index contributed by atoms with van der Waals surface area (Å²) in [4.78, 5) is 15.1. The Labute approximate surface area is 160 Å². The van der Waals surface area contributed by atoms with Crippen LogP contribution in [0, 0.1) is 0 Å². The number of anilines is 2. The molecule has 0 atom stereocenters. The zero-order valence-corrected chi connectivity index (χ0v) is 15.8. The van der Waals surface area contributed by atoms with Crippen molar-refractivity contribution in [2.24, 2.45) is 0 Å². The van der Waals surface area contributed by atoms with E-state index in [2.05, 4.69) is 26.1 Å². The summed E-state index contributed by atoms with van der Waals surface area (Å²) in [6, 6.07) is 19.6. The van der Waals surface area contributed by atoms with Crippen LogP contribution in [0.2, 0.25) is 0 Å². The van der Waals surface area contributed by atoms with Crippen molar-refractivity contribution in [2.45, 2.75) is 0 Å². The van der Waals surface area contributed by atoms with Gasteiger partial charge in [-0.1, -0.05) is 36.4 Å². The van der Waals surface area contributed by atoms with Crippen LogP contribution in [-0.4, -0.2) is 32.2 Å². The van der Waals surface area contributed by atoms with Crippen molar-refractivity contribution in [3.8, 4) is 0 Å². The number of carbonyl (C=O) groups excluding carboxylic acids is 1. The lowest BCUT2D eigenvalue weighted by molar-refractivity contribution is 0.102. The number of halogens is 1. The Morgan fingerprint density at radius 1 is 1.00 bits per heavy atom. The Morgan fingerprint density at radius 2 is 1.77 bits per heavy atom. The van der Waals surface area contributed by atoms with Crippen molar-refractivity contribution < 1.29 is 9.53 Å². The number of carbonyl (C=O) groups is 1. The number of morpholine rings is 1. The maximum Gasteiger partial charge on any atom is 0.256 e. The van der Waals surface area contributed by atoms with Gasteiger partial charge in [0.05, 0.1) is 18.9 Å². The van der Waals surface area contributed by atoms with Gasteiger partial charge in [-0.2, -0.15) is 0 Å². The summed E-state index contributed by atoms with van der Waals surface area (Å²) in [6.45, 7) is 3.23. The third-order valence-electron chi connectivity index (χ3n) is 4.59. The van der Waals surface area contributed by atoms with E-state index in [0.717, 1.165) is 52.9 Å². The Balaban J connectivity index is 1.57. The summed E-state index contributed by atoms with van der Waals surface area (Å²) in [7, 11) is 0. The number of hydrogen-bond acceptors (Lipinski definition) is 3. The van der Waals surface area contributed by atoms with Crippen molar-refractivity contribution in [3.05, 3.63) is 70.7 Å². The molecule has 132 valence electrons. The molecule has 3 aromatic rings. The first-order valence-corrected chi connectivity index (χ1v) is 9.43. The van der Waals surface area contributed by atoms with E-state index >= 15 is 0 Å². The number of fused-ring (bicyclic) bond motifs is 1. The van der Waals surface area contributed by atoms with Crippen molar-refractivity contribution >= 4 is 44.0 Å². The summed E-state index contributed by atoms with van der Waals surface area (Å²) in [5.74, 6) is -0.104. The smallest absolute Gasteiger partial charge is 0.256 e. The largest absolute Gasteiger partial charge is 0.378 e. The highest BCUT2D eigenvalue weighted by Gasteiger charge is 2.15. The van der Waals surface area contributed by atoms with Gasteiger partial charge in [0.15, 0.2) is 0 Å². The third kappa shape index (κ3) is 3.45. The standard InChI is InChI=1S/C21H19BrN2O2/c22-19-14-16(8-9-20(19)24-10-12-26-13-11-24)23-21(25)18-7-3-5-15-4-1-2-6-17(15)18/h1-9,14H,10-13H2,(H,23,25). The first-order chi connectivity index (χ1) is 12.7. The fraction of sp³-hybridized carbons (Fsp3) is 0.190. The lowest BCUT2D eigenvalue weighted by Gasteiger charge is -2.29. The van der Waals surface area contributed by atoms with E-state index < -0.39 is 0 Å². The van der Waals surface area contributed by atoms with Crippen LogP contribution in [0.25, 0.3) is 10.8 Å². The topological polar surface area (TPSA) is 41.6 Å². The number of amides is 1. The minimum absolute atomic E-state index is 0.104.